The molecule has 5 heteroatoms. The standard InChI is InChI=1S/C9H7N3O2/c10-7-3-6-4-8(12(13)14)1-2-9(6)11-5-7/h1-5H,10H2. The first-order valence-corrected chi connectivity index (χ1v) is 3.96. The minimum atomic E-state index is -0.442. The molecule has 0 spiro atoms. The summed E-state index contributed by atoms with van der Waals surface area (Å²) in [6.45, 7) is 0. The number of rotatable bonds is 1. The molecule has 1 aromatic carbocycles. The Hall–Kier alpha value is -2.17. The molecule has 0 fully saturated rings. The summed E-state index contributed by atoms with van der Waals surface area (Å²) >= 11 is 0. The molecular weight excluding hydrogens is 182 g/mol. The van der Waals surface area contributed by atoms with Gasteiger partial charge < -0.3 is 5.73 Å². The lowest BCUT2D eigenvalue weighted by Crippen LogP contribution is -1.90. The number of nitrogens with zero attached hydrogens (tertiary/aromatic N) is 2. The van der Waals surface area contributed by atoms with Crippen molar-refractivity contribution in [2.75, 3.05) is 5.73 Å². The maximum atomic E-state index is 10.5. The number of non-ortho nitro benzene ring substituents is 1. The molecular formula is C9H7N3O2. The van der Waals surface area contributed by atoms with E-state index in [2.05, 4.69) is 4.98 Å². The molecule has 0 saturated carbocycles. The first-order chi connectivity index (χ1) is 6.66. The second kappa shape index (κ2) is 2.95. The van der Waals surface area contributed by atoms with Gasteiger partial charge in [0.1, 0.15) is 0 Å². The van der Waals surface area contributed by atoms with Gasteiger partial charge in [-0.3, -0.25) is 15.1 Å². The van der Waals surface area contributed by atoms with Crippen LogP contribution in [0.1, 0.15) is 0 Å². The smallest absolute Gasteiger partial charge is 0.270 e. The molecule has 0 aliphatic carbocycles. The Kier molecular flexibility index (Phi) is 1.78. The molecule has 2 rings (SSSR count). The third kappa shape index (κ3) is 1.35. The molecule has 1 heterocycles. The number of fused-ring (bicyclic) bond motifs is 1. The summed E-state index contributed by atoms with van der Waals surface area (Å²) in [5.41, 5.74) is 6.76. The highest BCUT2D eigenvalue weighted by atomic mass is 16.6. The Morgan fingerprint density at radius 1 is 1.36 bits per heavy atom. The molecule has 1 aromatic heterocycles. The number of nitrogens with two attached hydrogens (primary N) is 1. The zero-order valence-electron chi connectivity index (χ0n) is 7.18. The van der Waals surface area contributed by atoms with Gasteiger partial charge in [-0.25, -0.2) is 0 Å². The van der Waals surface area contributed by atoms with Gasteiger partial charge in [-0.15, -0.1) is 0 Å². The van der Waals surface area contributed by atoms with Gasteiger partial charge in [-0.05, 0) is 12.1 Å². The van der Waals surface area contributed by atoms with Gasteiger partial charge in [-0.1, -0.05) is 0 Å². The van der Waals surface area contributed by atoms with Crippen LogP contribution in [0.2, 0.25) is 0 Å². The molecule has 0 amide bonds. The lowest BCUT2D eigenvalue weighted by Gasteiger charge is -1.98. The Morgan fingerprint density at radius 2 is 2.14 bits per heavy atom. The fourth-order valence-corrected chi connectivity index (χ4v) is 1.25. The maximum Gasteiger partial charge on any atom is 0.270 e. The normalized spacial score (nSPS) is 10.3. The van der Waals surface area contributed by atoms with Crippen LogP contribution in [0.5, 0.6) is 0 Å². The number of hydrogen-bond donors (Lipinski definition) is 1. The predicted molar refractivity (Wildman–Crippen MR) is 52.8 cm³/mol. The lowest BCUT2D eigenvalue weighted by atomic mass is 10.2. The minimum Gasteiger partial charge on any atom is -0.397 e. The first kappa shape index (κ1) is 8.43. The second-order valence-corrected chi connectivity index (χ2v) is 2.90. The highest BCUT2D eigenvalue weighted by Crippen LogP contribution is 2.20. The van der Waals surface area contributed by atoms with E-state index in [4.69, 9.17) is 5.73 Å². The van der Waals surface area contributed by atoms with Crippen LogP contribution in [0.4, 0.5) is 11.4 Å². The molecule has 5 nitrogen and oxygen atoms in total. The third-order valence-electron chi connectivity index (χ3n) is 1.90. The van der Waals surface area contributed by atoms with Gasteiger partial charge in [-0.2, -0.15) is 0 Å². The van der Waals surface area contributed by atoms with Crippen LogP contribution < -0.4 is 5.73 Å². The highest BCUT2D eigenvalue weighted by Gasteiger charge is 2.06. The summed E-state index contributed by atoms with van der Waals surface area (Å²) in [4.78, 5) is 14.1. The van der Waals surface area contributed by atoms with Crippen LogP contribution in [-0.4, -0.2) is 9.91 Å². The molecule has 70 valence electrons. The highest BCUT2D eigenvalue weighted by molar-refractivity contribution is 5.83. The molecule has 0 saturated heterocycles. The fraction of sp³-hybridized carbons (Fsp3) is 0. The molecule has 14 heavy (non-hydrogen) atoms. The summed E-state index contributed by atoms with van der Waals surface area (Å²) in [6.07, 6.45) is 1.52. The van der Waals surface area contributed by atoms with E-state index in [1.165, 1.54) is 18.3 Å². The van der Waals surface area contributed by atoms with Crippen LogP contribution in [0.15, 0.2) is 30.5 Å². The van der Waals surface area contributed by atoms with E-state index in [0.29, 0.717) is 16.6 Å². The second-order valence-electron chi connectivity index (χ2n) is 2.90. The zero-order chi connectivity index (χ0) is 10.1. The van der Waals surface area contributed by atoms with E-state index < -0.39 is 4.92 Å². The Morgan fingerprint density at radius 3 is 2.86 bits per heavy atom. The van der Waals surface area contributed by atoms with Crippen molar-refractivity contribution in [3.63, 3.8) is 0 Å². The van der Waals surface area contributed by atoms with E-state index in [9.17, 15) is 10.1 Å². The Balaban J connectivity index is 2.69. The van der Waals surface area contributed by atoms with E-state index in [1.54, 1.807) is 12.1 Å². The van der Waals surface area contributed by atoms with Crippen LogP contribution in [0.25, 0.3) is 10.9 Å². The van der Waals surface area contributed by atoms with Gasteiger partial charge in [0.15, 0.2) is 0 Å². The van der Waals surface area contributed by atoms with Gasteiger partial charge in [0.05, 0.1) is 22.3 Å². The quantitative estimate of drug-likeness (QED) is 0.547. The largest absolute Gasteiger partial charge is 0.397 e. The fourth-order valence-electron chi connectivity index (χ4n) is 1.25. The summed E-state index contributed by atoms with van der Waals surface area (Å²) in [7, 11) is 0. The SMILES string of the molecule is Nc1cnc2ccc([N+](=O)[O-])cc2c1. The average molecular weight is 189 g/mol. The van der Waals surface area contributed by atoms with Gasteiger partial charge in [0.2, 0.25) is 0 Å². The molecule has 0 atom stereocenters. The lowest BCUT2D eigenvalue weighted by molar-refractivity contribution is -0.384. The summed E-state index contributed by atoms with van der Waals surface area (Å²) in [6, 6.07) is 6.15. The van der Waals surface area contributed by atoms with Crippen molar-refractivity contribution in [3.05, 3.63) is 40.6 Å². The van der Waals surface area contributed by atoms with Crippen molar-refractivity contribution in [1.82, 2.24) is 4.98 Å². The van der Waals surface area contributed by atoms with Crippen molar-refractivity contribution in [1.29, 1.82) is 0 Å². The number of nitro benzene ring substituents is 1. The maximum absolute atomic E-state index is 10.5. The number of nitro groups is 1. The van der Waals surface area contributed by atoms with E-state index >= 15 is 0 Å². The molecule has 0 aliphatic heterocycles. The van der Waals surface area contributed by atoms with E-state index in [1.807, 2.05) is 0 Å². The van der Waals surface area contributed by atoms with Gasteiger partial charge >= 0.3 is 0 Å². The van der Waals surface area contributed by atoms with Crippen molar-refractivity contribution < 1.29 is 4.92 Å². The van der Waals surface area contributed by atoms with Crippen molar-refractivity contribution in [2.45, 2.75) is 0 Å². The molecule has 2 N–H and O–H groups in total. The number of nitrogen functional groups attached to an aromatic ring is 1. The van der Waals surface area contributed by atoms with Gasteiger partial charge in [0.25, 0.3) is 5.69 Å². The number of benzene rings is 1. The summed E-state index contributed by atoms with van der Waals surface area (Å²) < 4.78 is 0. The average Bonchev–Trinajstić information content (AvgIpc) is 2.16. The number of aromatic nitrogens is 1. The van der Waals surface area contributed by atoms with Crippen LogP contribution in [0.3, 0.4) is 0 Å². The zero-order valence-corrected chi connectivity index (χ0v) is 7.18. The van der Waals surface area contributed by atoms with Crippen molar-refractivity contribution in [3.8, 4) is 0 Å². The van der Waals surface area contributed by atoms with Crippen LogP contribution in [0, 0.1) is 10.1 Å². The number of pyridine rings is 1. The van der Waals surface area contributed by atoms with E-state index in [0.717, 1.165) is 0 Å². The van der Waals surface area contributed by atoms with Crippen LogP contribution >= 0.6 is 0 Å². The van der Waals surface area contributed by atoms with Crippen molar-refractivity contribution in [2.24, 2.45) is 0 Å². The number of anilines is 1. The third-order valence-corrected chi connectivity index (χ3v) is 1.90. The Labute approximate surface area is 79.3 Å². The Bertz CT molecular complexity index is 510. The van der Waals surface area contributed by atoms with Crippen molar-refractivity contribution >= 4 is 22.3 Å². The van der Waals surface area contributed by atoms with E-state index in [-0.39, 0.29) is 5.69 Å². The minimum absolute atomic E-state index is 0.0462. The van der Waals surface area contributed by atoms with Crippen LogP contribution in [-0.2, 0) is 0 Å². The predicted octanol–water partition coefficient (Wildman–Crippen LogP) is 1.73. The first-order valence-electron chi connectivity index (χ1n) is 3.96. The molecule has 0 unspecified atom stereocenters. The summed E-state index contributed by atoms with van der Waals surface area (Å²) in [5, 5.41) is 11.2. The molecule has 0 radical (unpaired) electrons. The molecule has 2 aromatic rings. The molecule has 0 bridgehead atoms. The summed E-state index contributed by atoms with van der Waals surface area (Å²) in [5.74, 6) is 0. The topological polar surface area (TPSA) is 82.0 Å². The van der Waals surface area contributed by atoms with Gasteiger partial charge in [0, 0.05) is 17.5 Å². The molecule has 0 aliphatic rings. The monoisotopic (exact) mass is 189 g/mol. The number of hydrogen-bond acceptors (Lipinski definition) is 4.